The zero-order valence-electron chi connectivity index (χ0n) is 12.0. The molecule has 0 aliphatic heterocycles. The molecule has 0 heterocycles. The normalized spacial score (nSPS) is 15.0. The molecule has 1 fully saturated rings. The number of carbonyl (C=O) groups is 1. The monoisotopic (exact) mass is 331 g/mol. The second kappa shape index (κ2) is 6.34. The van der Waals surface area contributed by atoms with E-state index in [9.17, 15) is 13.2 Å². The molecule has 0 atom stereocenters. The lowest BCUT2D eigenvalue weighted by Gasteiger charge is -2.22. The lowest BCUT2D eigenvalue weighted by Crippen LogP contribution is -2.35. The van der Waals surface area contributed by atoms with Crippen LogP contribution in [0.3, 0.4) is 0 Å². The number of benzene rings is 1. The van der Waals surface area contributed by atoms with E-state index in [4.69, 9.17) is 15.4 Å². The van der Waals surface area contributed by atoms with Crippen LogP contribution in [0.1, 0.15) is 28.8 Å². The minimum atomic E-state index is -3.85. The van der Waals surface area contributed by atoms with Gasteiger partial charge in [-0.25, -0.2) is 8.42 Å². The largest absolute Gasteiger partial charge is 0.383 e. The molecule has 2 rings (SSSR count). The Morgan fingerprint density at radius 1 is 1.38 bits per heavy atom. The van der Waals surface area contributed by atoms with E-state index in [1.54, 1.807) is 25.0 Å². The van der Waals surface area contributed by atoms with Gasteiger partial charge in [-0.3, -0.25) is 4.79 Å². The average Bonchev–Trinajstić information content (AvgIpc) is 3.22. The third-order valence-corrected chi connectivity index (χ3v) is 4.70. The Morgan fingerprint density at radius 3 is 2.57 bits per heavy atom. The number of carbonyl (C=O) groups excluding carboxylic acids is 1. The predicted octanol–water partition coefficient (Wildman–Crippen LogP) is 2.17. The molecule has 21 heavy (non-hydrogen) atoms. The van der Waals surface area contributed by atoms with Gasteiger partial charge in [0.25, 0.3) is 15.0 Å². The van der Waals surface area contributed by atoms with Crippen molar-refractivity contribution in [3.05, 3.63) is 29.3 Å². The van der Waals surface area contributed by atoms with Gasteiger partial charge in [-0.2, -0.15) is 0 Å². The summed E-state index contributed by atoms with van der Waals surface area (Å²) in [5, 5.41) is 0. The summed E-state index contributed by atoms with van der Waals surface area (Å²) in [4.78, 5) is 14.3. The van der Waals surface area contributed by atoms with Gasteiger partial charge in [0.1, 0.15) is 0 Å². The Hall–Kier alpha value is -1.11. The van der Waals surface area contributed by atoms with Crippen molar-refractivity contribution in [2.75, 3.05) is 20.3 Å². The smallest absolute Gasteiger partial charge is 0.261 e. The molecule has 116 valence electrons. The maximum absolute atomic E-state index is 12.6. The molecule has 1 amide bonds. The highest BCUT2D eigenvalue weighted by molar-refractivity contribution is 8.13. The van der Waals surface area contributed by atoms with Gasteiger partial charge in [-0.1, -0.05) is 0 Å². The average molecular weight is 332 g/mol. The van der Waals surface area contributed by atoms with E-state index in [0.717, 1.165) is 12.8 Å². The van der Waals surface area contributed by atoms with Crippen molar-refractivity contribution in [2.45, 2.75) is 30.7 Å². The first kappa shape index (κ1) is 16.3. The van der Waals surface area contributed by atoms with Crippen molar-refractivity contribution in [3.63, 3.8) is 0 Å². The Balaban J connectivity index is 2.31. The van der Waals surface area contributed by atoms with Crippen LogP contribution in [0.5, 0.6) is 0 Å². The van der Waals surface area contributed by atoms with E-state index in [2.05, 4.69) is 0 Å². The lowest BCUT2D eigenvalue weighted by atomic mass is 10.1. The summed E-state index contributed by atoms with van der Waals surface area (Å²) < 4.78 is 28.0. The molecule has 5 nitrogen and oxygen atoms in total. The van der Waals surface area contributed by atoms with Gasteiger partial charge in [0.15, 0.2) is 0 Å². The second-order valence-electron chi connectivity index (χ2n) is 5.20. The topological polar surface area (TPSA) is 63.7 Å². The summed E-state index contributed by atoms with van der Waals surface area (Å²) in [6, 6.07) is 4.69. The SMILES string of the molecule is COCCN(C(=O)c1cc(C)cc(S(=O)(=O)Cl)c1)C1CC1. The molecular formula is C14H18ClNO4S. The third-order valence-electron chi connectivity index (χ3n) is 3.36. The van der Waals surface area contributed by atoms with Gasteiger partial charge >= 0.3 is 0 Å². The van der Waals surface area contributed by atoms with Gasteiger partial charge in [-0.05, 0) is 43.5 Å². The van der Waals surface area contributed by atoms with Crippen molar-refractivity contribution >= 4 is 25.6 Å². The van der Waals surface area contributed by atoms with Crippen molar-refractivity contribution in [1.82, 2.24) is 4.90 Å². The van der Waals surface area contributed by atoms with Crippen LogP contribution in [-0.2, 0) is 13.8 Å². The molecule has 0 spiro atoms. The minimum Gasteiger partial charge on any atom is -0.383 e. The summed E-state index contributed by atoms with van der Waals surface area (Å²) >= 11 is 0. The fourth-order valence-electron chi connectivity index (χ4n) is 2.20. The van der Waals surface area contributed by atoms with Crippen LogP contribution in [0.25, 0.3) is 0 Å². The van der Waals surface area contributed by atoms with Gasteiger partial charge in [-0.15, -0.1) is 0 Å². The number of hydrogen-bond donors (Lipinski definition) is 0. The molecule has 0 saturated heterocycles. The van der Waals surface area contributed by atoms with Gasteiger partial charge in [0, 0.05) is 35.9 Å². The molecule has 1 aromatic carbocycles. The van der Waals surface area contributed by atoms with Crippen LogP contribution in [0, 0.1) is 6.92 Å². The molecule has 0 bridgehead atoms. The quantitative estimate of drug-likeness (QED) is 0.749. The number of hydrogen-bond acceptors (Lipinski definition) is 4. The Morgan fingerprint density at radius 2 is 2.05 bits per heavy atom. The Kier molecular flexibility index (Phi) is 4.91. The predicted molar refractivity (Wildman–Crippen MR) is 80.2 cm³/mol. The van der Waals surface area contributed by atoms with Crippen molar-refractivity contribution < 1.29 is 17.9 Å². The van der Waals surface area contributed by atoms with E-state index >= 15 is 0 Å². The molecule has 0 radical (unpaired) electrons. The molecule has 1 saturated carbocycles. The standard InChI is InChI=1S/C14H18ClNO4S/c1-10-7-11(9-13(8-10)21(15,18)19)14(17)16(5-6-20-2)12-3-4-12/h7-9,12H,3-6H2,1-2H3. The number of rotatable bonds is 6. The molecular weight excluding hydrogens is 314 g/mol. The summed E-state index contributed by atoms with van der Waals surface area (Å²) in [6.07, 6.45) is 1.95. The first-order valence-corrected chi connectivity index (χ1v) is 9.00. The number of aryl methyl sites for hydroxylation is 1. The highest BCUT2D eigenvalue weighted by atomic mass is 35.7. The fraction of sp³-hybridized carbons (Fsp3) is 0.500. The van der Waals surface area contributed by atoms with Crippen LogP contribution in [-0.4, -0.2) is 45.5 Å². The molecule has 0 unspecified atom stereocenters. The van der Waals surface area contributed by atoms with Crippen LogP contribution in [0.4, 0.5) is 0 Å². The van der Waals surface area contributed by atoms with Crippen molar-refractivity contribution in [3.8, 4) is 0 Å². The minimum absolute atomic E-state index is 0.0463. The summed E-state index contributed by atoms with van der Waals surface area (Å²) in [6.45, 7) is 2.69. The number of methoxy groups -OCH3 is 1. The maximum Gasteiger partial charge on any atom is 0.261 e. The first-order valence-electron chi connectivity index (χ1n) is 6.69. The highest BCUT2D eigenvalue weighted by Gasteiger charge is 2.33. The van der Waals surface area contributed by atoms with Gasteiger partial charge in [0.2, 0.25) is 0 Å². The summed E-state index contributed by atoms with van der Waals surface area (Å²) in [7, 11) is 3.10. The summed E-state index contributed by atoms with van der Waals surface area (Å²) in [5.74, 6) is -0.181. The number of amides is 1. The van der Waals surface area contributed by atoms with Crippen LogP contribution >= 0.6 is 10.7 Å². The summed E-state index contributed by atoms with van der Waals surface area (Å²) in [5.41, 5.74) is 1.03. The van der Waals surface area contributed by atoms with Crippen LogP contribution < -0.4 is 0 Å². The number of halogens is 1. The van der Waals surface area contributed by atoms with Gasteiger partial charge in [0.05, 0.1) is 11.5 Å². The molecule has 0 aromatic heterocycles. The van der Waals surface area contributed by atoms with Crippen LogP contribution in [0.15, 0.2) is 23.1 Å². The van der Waals surface area contributed by atoms with Crippen molar-refractivity contribution in [2.24, 2.45) is 0 Å². The number of ether oxygens (including phenoxy) is 1. The van der Waals surface area contributed by atoms with E-state index in [1.807, 2.05) is 0 Å². The molecule has 1 aliphatic rings. The first-order chi connectivity index (χ1) is 9.82. The highest BCUT2D eigenvalue weighted by Crippen LogP contribution is 2.29. The molecule has 7 heteroatoms. The molecule has 0 N–H and O–H groups in total. The van der Waals surface area contributed by atoms with Crippen molar-refractivity contribution in [1.29, 1.82) is 0 Å². The zero-order chi connectivity index (χ0) is 15.6. The van der Waals surface area contributed by atoms with Gasteiger partial charge < -0.3 is 9.64 Å². The zero-order valence-corrected chi connectivity index (χ0v) is 13.6. The second-order valence-corrected chi connectivity index (χ2v) is 7.76. The Labute approximate surface area is 129 Å². The van der Waals surface area contributed by atoms with E-state index in [-0.39, 0.29) is 16.8 Å². The molecule has 1 aromatic rings. The molecule has 1 aliphatic carbocycles. The maximum atomic E-state index is 12.6. The van der Waals surface area contributed by atoms with Crippen LogP contribution in [0.2, 0.25) is 0 Å². The van der Waals surface area contributed by atoms with E-state index in [1.165, 1.54) is 12.1 Å². The number of nitrogens with zero attached hydrogens (tertiary/aromatic N) is 1. The third kappa shape index (κ3) is 4.18. The van der Waals surface area contributed by atoms with E-state index in [0.29, 0.717) is 24.3 Å². The van der Waals surface area contributed by atoms with E-state index < -0.39 is 9.05 Å². The fourth-order valence-corrected chi connectivity index (χ4v) is 3.07. The Bertz CT molecular complexity index is 640. The lowest BCUT2D eigenvalue weighted by molar-refractivity contribution is 0.0680.